The molecule has 1 aliphatic heterocycles. The number of carbonyl (C=O) groups excluding carboxylic acids is 1. The molecule has 1 aromatic heterocycles. The first-order valence-corrected chi connectivity index (χ1v) is 9.75. The maximum atomic E-state index is 11.5. The van der Waals surface area contributed by atoms with Gasteiger partial charge in [-0.1, -0.05) is 12.8 Å². The van der Waals surface area contributed by atoms with Crippen molar-refractivity contribution < 1.29 is 4.79 Å². The molecule has 2 N–H and O–H groups in total. The monoisotopic (exact) mass is 339 g/mol. The Morgan fingerprint density at radius 1 is 1.12 bits per heavy atom. The molecule has 4 nitrogen and oxygen atoms in total. The zero-order chi connectivity index (χ0) is 17.4. The number of nitrogens with one attached hydrogen (secondary N) is 2. The average Bonchev–Trinajstić information content (AvgIpc) is 3.24. The fourth-order valence-corrected chi connectivity index (χ4v) is 4.54. The van der Waals surface area contributed by atoms with Gasteiger partial charge in [0.1, 0.15) is 0 Å². The summed E-state index contributed by atoms with van der Waals surface area (Å²) in [4.78, 5) is 17.2. The number of aromatic nitrogens is 1. The van der Waals surface area contributed by atoms with E-state index in [0.717, 1.165) is 25.9 Å². The second-order valence-electron chi connectivity index (χ2n) is 7.91. The van der Waals surface area contributed by atoms with Gasteiger partial charge in [0.25, 0.3) is 0 Å². The number of hydrogen-bond donors (Lipinski definition) is 2. The minimum absolute atomic E-state index is 0.203. The molecule has 2 aromatic rings. The molecule has 25 heavy (non-hydrogen) atoms. The van der Waals surface area contributed by atoms with Crippen LogP contribution >= 0.6 is 0 Å². The summed E-state index contributed by atoms with van der Waals surface area (Å²) in [5.74, 6) is 0.733. The summed E-state index contributed by atoms with van der Waals surface area (Å²) in [6, 6.07) is 7.51. The van der Waals surface area contributed by atoms with Crippen molar-refractivity contribution in [3.63, 3.8) is 0 Å². The molecular weight excluding hydrogens is 310 g/mol. The molecule has 0 spiro atoms. The molecule has 0 bridgehead atoms. The molecule has 1 saturated carbocycles. The highest BCUT2D eigenvalue weighted by Crippen LogP contribution is 2.34. The van der Waals surface area contributed by atoms with Crippen LogP contribution in [0, 0.1) is 6.92 Å². The highest BCUT2D eigenvalue weighted by Gasteiger charge is 2.24. The molecule has 4 heteroatoms. The second kappa shape index (κ2) is 6.74. The van der Waals surface area contributed by atoms with E-state index in [2.05, 4.69) is 35.4 Å². The Balaban J connectivity index is 1.58. The number of anilines is 1. The molecule has 0 radical (unpaired) electrons. The number of carbonyl (C=O) groups is 1. The van der Waals surface area contributed by atoms with Crippen LogP contribution in [0.4, 0.5) is 5.69 Å². The Morgan fingerprint density at radius 2 is 1.84 bits per heavy atom. The molecular formula is C21H29N3O. The molecule has 1 amide bonds. The van der Waals surface area contributed by atoms with Crippen LogP contribution in [0.3, 0.4) is 0 Å². The summed E-state index contributed by atoms with van der Waals surface area (Å²) >= 11 is 0. The van der Waals surface area contributed by atoms with Gasteiger partial charge >= 0.3 is 0 Å². The van der Waals surface area contributed by atoms with Crippen LogP contribution in [0.5, 0.6) is 0 Å². The van der Waals surface area contributed by atoms with Crippen molar-refractivity contribution >= 4 is 22.5 Å². The number of H-pyrrole nitrogens is 1. The molecule has 1 aliphatic carbocycles. The normalized spacial score (nSPS) is 19.7. The Bertz CT molecular complexity index is 765. The predicted octanol–water partition coefficient (Wildman–Crippen LogP) is 4.56. The van der Waals surface area contributed by atoms with E-state index in [9.17, 15) is 4.79 Å². The number of benzene rings is 1. The number of amides is 1. The highest BCUT2D eigenvalue weighted by molar-refractivity contribution is 5.92. The molecule has 2 heterocycles. The fourth-order valence-electron chi connectivity index (χ4n) is 4.54. The maximum absolute atomic E-state index is 11.5. The first kappa shape index (κ1) is 16.5. The number of hydrogen-bond acceptors (Lipinski definition) is 2. The smallest absolute Gasteiger partial charge is 0.219 e. The summed E-state index contributed by atoms with van der Waals surface area (Å²) in [6.07, 6.45) is 7.36. The first-order chi connectivity index (χ1) is 12.1. The van der Waals surface area contributed by atoms with Gasteiger partial charge in [0.15, 0.2) is 0 Å². The molecule has 1 aromatic carbocycles. The van der Waals surface area contributed by atoms with Gasteiger partial charge in [-0.25, -0.2) is 0 Å². The lowest BCUT2D eigenvalue weighted by Crippen LogP contribution is -2.36. The SMILES string of the molecule is CC(=O)N1CCC(c2cc3cc(C)cc(NC4CCCC4)c3[nH]2)CC1. The van der Waals surface area contributed by atoms with Gasteiger partial charge in [-0.2, -0.15) is 0 Å². The standard InChI is InChI=1S/C21H29N3O/c1-14-11-17-13-19(16-7-9-24(10-8-16)15(2)25)23-21(17)20(12-14)22-18-5-3-4-6-18/h11-13,16,18,22-23H,3-10H2,1-2H3. The van der Waals surface area contributed by atoms with Crippen LogP contribution < -0.4 is 5.32 Å². The van der Waals surface area contributed by atoms with E-state index in [-0.39, 0.29) is 5.91 Å². The Kier molecular flexibility index (Phi) is 4.45. The van der Waals surface area contributed by atoms with Crippen LogP contribution in [-0.2, 0) is 4.79 Å². The molecule has 0 atom stereocenters. The number of nitrogens with zero attached hydrogens (tertiary/aromatic N) is 1. The van der Waals surface area contributed by atoms with Crippen LogP contribution in [0.1, 0.15) is 62.6 Å². The Morgan fingerprint density at radius 3 is 2.52 bits per heavy atom. The average molecular weight is 339 g/mol. The van der Waals surface area contributed by atoms with Crippen molar-refractivity contribution in [3.8, 4) is 0 Å². The van der Waals surface area contributed by atoms with E-state index in [1.165, 1.54) is 53.5 Å². The molecule has 2 fully saturated rings. The van der Waals surface area contributed by atoms with Crippen molar-refractivity contribution in [2.75, 3.05) is 18.4 Å². The summed E-state index contributed by atoms with van der Waals surface area (Å²) < 4.78 is 0. The lowest BCUT2D eigenvalue weighted by molar-refractivity contribution is -0.129. The minimum atomic E-state index is 0.203. The summed E-state index contributed by atoms with van der Waals surface area (Å²) in [5.41, 5.74) is 5.15. The number of rotatable bonds is 3. The fraction of sp³-hybridized carbons (Fsp3) is 0.571. The predicted molar refractivity (Wildman–Crippen MR) is 103 cm³/mol. The number of piperidine rings is 1. The number of likely N-dealkylation sites (tertiary alicyclic amines) is 1. The largest absolute Gasteiger partial charge is 0.381 e. The van der Waals surface area contributed by atoms with Crippen LogP contribution in [0.15, 0.2) is 18.2 Å². The van der Waals surface area contributed by atoms with Gasteiger partial charge in [0, 0.05) is 43.1 Å². The van der Waals surface area contributed by atoms with Crippen LogP contribution in [-0.4, -0.2) is 34.9 Å². The van der Waals surface area contributed by atoms with Crippen molar-refractivity contribution in [1.82, 2.24) is 9.88 Å². The van der Waals surface area contributed by atoms with E-state index in [4.69, 9.17) is 0 Å². The number of aryl methyl sites for hydroxylation is 1. The lowest BCUT2D eigenvalue weighted by atomic mass is 9.93. The first-order valence-electron chi connectivity index (χ1n) is 9.75. The molecule has 2 aliphatic rings. The van der Waals surface area contributed by atoms with E-state index < -0.39 is 0 Å². The van der Waals surface area contributed by atoms with Crippen LogP contribution in [0.25, 0.3) is 10.9 Å². The second-order valence-corrected chi connectivity index (χ2v) is 7.91. The molecule has 0 unspecified atom stereocenters. The quantitative estimate of drug-likeness (QED) is 0.861. The van der Waals surface area contributed by atoms with Gasteiger partial charge in [0.05, 0.1) is 11.2 Å². The third kappa shape index (κ3) is 3.39. The number of fused-ring (bicyclic) bond motifs is 1. The van der Waals surface area contributed by atoms with Crippen molar-refractivity contribution in [2.45, 2.75) is 64.3 Å². The van der Waals surface area contributed by atoms with E-state index in [1.807, 2.05) is 4.90 Å². The summed E-state index contributed by atoms with van der Waals surface area (Å²) in [6.45, 7) is 5.60. The number of aromatic amines is 1. The molecule has 134 valence electrons. The zero-order valence-electron chi connectivity index (χ0n) is 15.4. The summed E-state index contributed by atoms with van der Waals surface area (Å²) in [5, 5.41) is 5.09. The molecule has 4 rings (SSSR count). The van der Waals surface area contributed by atoms with Crippen molar-refractivity contribution in [1.29, 1.82) is 0 Å². The lowest BCUT2D eigenvalue weighted by Gasteiger charge is -2.30. The topological polar surface area (TPSA) is 48.1 Å². The van der Waals surface area contributed by atoms with Gasteiger partial charge < -0.3 is 15.2 Å². The van der Waals surface area contributed by atoms with Crippen molar-refractivity contribution in [2.24, 2.45) is 0 Å². The third-order valence-electron chi connectivity index (χ3n) is 5.99. The maximum Gasteiger partial charge on any atom is 0.219 e. The Hall–Kier alpha value is -1.97. The van der Waals surface area contributed by atoms with E-state index >= 15 is 0 Å². The van der Waals surface area contributed by atoms with Gasteiger partial charge in [-0.3, -0.25) is 4.79 Å². The highest BCUT2D eigenvalue weighted by atomic mass is 16.2. The van der Waals surface area contributed by atoms with E-state index in [0.29, 0.717) is 12.0 Å². The minimum Gasteiger partial charge on any atom is -0.381 e. The van der Waals surface area contributed by atoms with E-state index in [1.54, 1.807) is 6.92 Å². The molecule has 1 saturated heterocycles. The van der Waals surface area contributed by atoms with Gasteiger partial charge in [0.2, 0.25) is 5.91 Å². The van der Waals surface area contributed by atoms with Gasteiger partial charge in [-0.15, -0.1) is 0 Å². The summed E-state index contributed by atoms with van der Waals surface area (Å²) in [7, 11) is 0. The van der Waals surface area contributed by atoms with Crippen molar-refractivity contribution in [3.05, 3.63) is 29.5 Å². The Labute approximate surface area is 150 Å². The third-order valence-corrected chi connectivity index (χ3v) is 5.99. The van der Waals surface area contributed by atoms with Gasteiger partial charge in [-0.05, 0) is 56.4 Å². The zero-order valence-corrected chi connectivity index (χ0v) is 15.4. The van der Waals surface area contributed by atoms with Crippen LogP contribution in [0.2, 0.25) is 0 Å².